The van der Waals surface area contributed by atoms with Crippen LogP contribution in [0.4, 0.5) is 34.1 Å². The minimum atomic E-state index is -0.603. The number of carbonyl (C=O) groups is 2. The van der Waals surface area contributed by atoms with Crippen molar-refractivity contribution in [2.45, 2.75) is 0 Å². The van der Waals surface area contributed by atoms with Crippen molar-refractivity contribution in [3.63, 3.8) is 0 Å². The second-order valence-corrected chi connectivity index (χ2v) is 15.5. The molecule has 61 heavy (non-hydrogen) atoms. The molecule has 5 nitrogen and oxygen atoms in total. The van der Waals surface area contributed by atoms with Gasteiger partial charge < -0.3 is 14.5 Å². The highest BCUT2D eigenvalue weighted by Crippen LogP contribution is 2.48. The number of hydrogen-bond acceptors (Lipinski definition) is 5. The van der Waals surface area contributed by atoms with Crippen LogP contribution >= 0.6 is 0 Å². The van der Waals surface area contributed by atoms with E-state index in [9.17, 15) is 9.59 Å². The Balaban J connectivity index is 0.957. The van der Waals surface area contributed by atoms with E-state index in [0.717, 1.165) is 83.0 Å². The number of rotatable bonds is 7. The van der Waals surface area contributed by atoms with E-state index in [4.69, 9.17) is 4.74 Å². The van der Waals surface area contributed by atoms with Crippen molar-refractivity contribution in [3.8, 4) is 11.1 Å². The molecule has 1 heterocycles. The van der Waals surface area contributed by atoms with E-state index in [1.165, 1.54) is 10.8 Å². The first-order valence-corrected chi connectivity index (χ1v) is 20.4. The molecule has 0 aliphatic carbocycles. The van der Waals surface area contributed by atoms with E-state index in [1.54, 1.807) is 12.1 Å². The van der Waals surface area contributed by atoms with Crippen LogP contribution < -0.4 is 9.80 Å². The van der Waals surface area contributed by atoms with Crippen molar-refractivity contribution in [3.05, 3.63) is 217 Å². The van der Waals surface area contributed by atoms with E-state index < -0.39 is 11.9 Å². The summed E-state index contributed by atoms with van der Waals surface area (Å²) < 4.78 is 5.09. The number of carbonyl (C=O) groups excluding carboxylic acids is 2. The maximum absolute atomic E-state index is 12.9. The highest BCUT2D eigenvalue weighted by atomic mass is 16.6. The number of nitrogens with zero attached hydrogens (tertiary/aromatic N) is 2. The highest BCUT2D eigenvalue weighted by Gasteiger charge is 2.30. The molecule has 11 aromatic rings. The molecular formula is C56H34N2O3. The summed E-state index contributed by atoms with van der Waals surface area (Å²) in [4.78, 5) is 30.4. The smallest absolute Gasteiger partial charge is 0.346 e. The molecule has 0 radical (unpaired) electrons. The maximum atomic E-state index is 12.9. The minimum Gasteiger partial charge on any atom is -0.386 e. The second-order valence-electron chi connectivity index (χ2n) is 15.5. The average Bonchev–Trinajstić information content (AvgIpc) is 3.32. The van der Waals surface area contributed by atoms with Gasteiger partial charge in [0.25, 0.3) is 0 Å². The number of esters is 2. The van der Waals surface area contributed by atoms with Crippen molar-refractivity contribution in [2.24, 2.45) is 0 Å². The first-order chi connectivity index (χ1) is 30.1. The predicted molar refractivity (Wildman–Crippen MR) is 250 cm³/mol. The number of benzene rings is 11. The lowest BCUT2D eigenvalue weighted by molar-refractivity contribution is 0.0391. The fourth-order valence-corrected chi connectivity index (χ4v) is 9.53. The van der Waals surface area contributed by atoms with Gasteiger partial charge in [-0.3, -0.25) is 0 Å². The maximum Gasteiger partial charge on any atom is 0.346 e. The van der Waals surface area contributed by atoms with Crippen molar-refractivity contribution >= 4 is 99.9 Å². The lowest BCUT2D eigenvalue weighted by atomic mass is 9.85. The second kappa shape index (κ2) is 13.7. The van der Waals surface area contributed by atoms with Crippen LogP contribution in [0.15, 0.2) is 206 Å². The number of para-hydroxylation sites is 2. The fraction of sp³-hybridized carbons (Fsp3) is 0. The summed E-state index contributed by atoms with van der Waals surface area (Å²) in [5.74, 6) is -1.21. The van der Waals surface area contributed by atoms with Gasteiger partial charge in [0.1, 0.15) is 0 Å². The van der Waals surface area contributed by atoms with Gasteiger partial charge in [-0.05, 0) is 122 Å². The third kappa shape index (κ3) is 5.41. The molecule has 0 bridgehead atoms. The zero-order valence-electron chi connectivity index (χ0n) is 32.7. The van der Waals surface area contributed by atoms with Gasteiger partial charge in [0.2, 0.25) is 0 Å². The van der Waals surface area contributed by atoms with Gasteiger partial charge in [0.15, 0.2) is 0 Å². The SMILES string of the molecule is O=C1OC(=O)c2ccc3c4ccc(N(c5ccccc5)c5ccc(-c6ccc(N(c7ccccc7)c7cccc8ccccc78)cc6)cc5)c5cccc(c6ccc1c2c63)c54. The minimum absolute atomic E-state index is 0.423. The first kappa shape index (κ1) is 34.7. The Morgan fingerprint density at radius 3 is 1.33 bits per heavy atom. The summed E-state index contributed by atoms with van der Waals surface area (Å²) in [6.07, 6.45) is 0. The van der Waals surface area contributed by atoms with E-state index in [2.05, 4.69) is 186 Å². The Bertz CT molecular complexity index is 3460. The molecule has 0 unspecified atom stereocenters. The van der Waals surface area contributed by atoms with Crippen LogP contribution in [0, 0.1) is 0 Å². The Morgan fingerprint density at radius 1 is 0.295 bits per heavy atom. The van der Waals surface area contributed by atoms with E-state index >= 15 is 0 Å². The quantitative estimate of drug-likeness (QED) is 0.0697. The molecule has 1 aliphatic rings. The van der Waals surface area contributed by atoms with Crippen LogP contribution in [0.3, 0.4) is 0 Å². The first-order valence-electron chi connectivity index (χ1n) is 20.4. The number of fused-ring (bicyclic) bond motifs is 3. The standard InChI is InChI=1S/C56H34N2O3/c59-55-48-31-29-45-43-18-10-19-47-51(34-33-44(52(43)47)46-30-32-49(56(60)61-55)54(48)53(45)46)58(39-15-5-2-6-16-39)41-27-23-36(24-28-41)35-21-25-40(26-22-35)57(38-13-3-1-4-14-38)50-20-9-12-37-11-7-8-17-42(37)50/h1-34H. The summed E-state index contributed by atoms with van der Waals surface area (Å²) in [6, 6.07) is 72.0. The van der Waals surface area contributed by atoms with Crippen molar-refractivity contribution in [2.75, 3.05) is 9.80 Å². The fourth-order valence-electron chi connectivity index (χ4n) is 9.53. The molecule has 12 rings (SSSR count). The lowest BCUT2D eigenvalue weighted by Crippen LogP contribution is -2.19. The lowest BCUT2D eigenvalue weighted by Gasteiger charge is -2.28. The van der Waals surface area contributed by atoms with Crippen LogP contribution in [-0.2, 0) is 4.74 Å². The Morgan fingerprint density at radius 2 is 0.721 bits per heavy atom. The predicted octanol–water partition coefficient (Wildman–Crippen LogP) is 14.8. The van der Waals surface area contributed by atoms with Crippen molar-refractivity contribution < 1.29 is 14.3 Å². The van der Waals surface area contributed by atoms with Gasteiger partial charge in [-0.1, -0.05) is 133 Å². The topological polar surface area (TPSA) is 49.9 Å². The molecule has 0 aromatic heterocycles. The van der Waals surface area contributed by atoms with Crippen LogP contribution in [0.5, 0.6) is 0 Å². The van der Waals surface area contributed by atoms with Gasteiger partial charge in [0.05, 0.1) is 22.5 Å². The average molecular weight is 783 g/mol. The zero-order chi connectivity index (χ0) is 40.6. The molecule has 0 spiro atoms. The van der Waals surface area contributed by atoms with Crippen LogP contribution in [0.2, 0.25) is 0 Å². The summed E-state index contributed by atoms with van der Waals surface area (Å²) >= 11 is 0. The highest BCUT2D eigenvalue weighted by molar-refractivity contribution is 6.38. The normalized spacial score (nSPS) is 12.5. The van der Waals surface area contributed by atoms with Gasteiger partial charge in [-0.25, -0.2) is 9.59 Å². The number of ether oxygens (including phenoxy) is 1. The molecule has 1 aliphatic heterocycles. The van der Waals surface area contributed by atoms with Gasteiger partial charge in [-0.15, -0.1) is 0 Å². The molecule has 5 heteroatoms. The van der Waals surface area contributed by atoms with Crippen molar-refractivity contribution in [1.29, 1.82) is 0 Å². The molecular weight excluding hydrogens is 749 g/mol. The number of hydrogen-bond donors (Lipinski definition) is 0. The van der Waals surface area contributed by atoms with Crippen LogP contribution in [-0.4, -0.2) is 11.9 Å². The largest absolute Gasteiger partial charge is 0.386 e. The van der Waals surface area contributed by atoms with Gasteiger partial charge in [0, 0.05) is 38.9 Å². The molecule has 11 aromatic carbocycles. The van der Waals surface area contributed by atoms with Crippen molar-refractivity contribution in [1.82, 2.24) is 0 Å². The molecule has 0 N–H and O–H groups in total. The summed E-state index contributed by atoms with van der Waals surface area (Å²) in [5.41, 5.74) is 9.53. The monoisotopic (exact) mass is 782 g/mol. The third-order valence-corrected chi connectivity index (χ3v) is 12.2. The van der Waals surface area contributed by atoms with Gasteiger partial charge in [-0.2, -0.15) is 0 Å². The van der Waals surface area contributed by atoms with E-state index in [0.29, 0.717) is 16.5 Å². The van der Waals surface area contributed by atoms with Crippen LogP contribution in [0.1, 0.15) is 20.7 Å². The Labute approximate surface area is 351 Å². The summed E-state index contributed by atoms with van der Waals surface area (Å²) in [6.45, 7) is 0. The molecule has 0 saturated heterocycles. The van der Waals surface area contributed by atoms with Crippen LogP contribution in [0.25, 0.3) is 65.0 Å². The number of anilines is 6. The Hall–Kier alpha value is -8.28. The zero-order valence-corrected chi connectivity index (χ0v) is 32.7. The summed E-state index contributed by atoms with van der Waals surface area (Å²) in [7, 11) is 0. The molecule has 0 fully saturated rings. The summed E-state index contributed by atoms with van der Waals surface area (Å²) in [5, 5.41) is 10.3. The van der Waals surface area contributed by atoms with E-state index in [1.807, 2.05) is 18.2 Å². The molecule has 0 saturated carbocycles. The van der Waals surface area contributed by atoms with Gasteiger partial charge >= 0.3 is 11.9 Å². The Kier molecular flexibility index (Phi) is 7.77. The molecule has 286 valence electrons. The molecule has 0 atom stereocenters. The third-order valence-electron chi connectivity index (χ3n) is 12.2. The van der Waals surface area contributed by atoms with E-state index in [-0.39, 0.29) is 0 Å². The number of cyclic esters (lactones) is 2. The molecule has 0 amide bonds.